The molecule has 1 amide bonds. The van der Waals surface area contributed by atoms with Gasteiger partial charge in [-0.1, -0.05) is 41.4 Å². The van der Waals surface area contributed by atoms with Gasteiger partial charge in [-0.15, -0.1) is 0 Å². The van der Waals surface area contributed by atoms with Gasteiger partial charge in [-0.2, -0.15) is 0 Å². The van der Waals surface area contributed by atoms with E-state index in [1.807, 2.05) is 6.07 Å². The van der Waals surface area contributed by atoms with E-state index in [0.29, 0.717) is 5.69 Å². The van der Waals surface area contributed by atoms with Gasteiger partial charge in [0.25, 0.3) is 5.91 Å². The molecule has 1 aliphatic rings. The van der Waals surface area contributed by atoms with E-state index in [0.717, 1.165) is 18.9 Å². The molecule has 0 spiro atoms. The van der Waals surface area contributed by atoms with E-state index in [4.69, 9.17) is 27.9 Å². The molecule has 2 aromatic rings. The number of nitrogens with zero attached hydrogens (tertiary/aromatic N) is 1. The van der Waals surface area contributed by atoms with E-state index >= 15 is 0 Å². The molecule has 0 aliphatic heterocycles. The maximum Gasteiger partial charge on any atom is 0.340 e. The van der Waals surface area contributed by atoms with Crippen molar-refractivity contribution in [2.45, 2.75) is 36.8 Å². The number of carbonyl (C=O) groups excluding carboxylic acids is 2. The highest BCUT2D eigenvalue weighted by molar-refractivity contribution is 7.89. The van der Waals surface area contributed by atoms with Gasteiger partial charge in [0.1, 0.15) is 4.90 Å². The smallest absolute Gasteiger partial charge is 0.340 e. The average Bonchev–Trinajstić information content (AvgIpc) is 3.50. The summed E-state index contributed by atoms with van der Waals surface area (Å²) >= 11 is 12.1. The summed E-state index contributed by atoms with van der Waals surface area (Å²) < 4.78 is 32.8. The number of hydrogen-bond donors (Lipinski definition) is 1. The second-order valence-corrected chi connectivity index (χ2v) is 9.44. The largest absolute Gasteiger partial charge is 0.449 e. The zero-order valence-corrected chi connectivity index (χ0v) is 18.6. The van der Waals surface area contributed by atoms with Gasteiger partial charge in [0, 0.05) is 18.8 Å². The summed E-state index contributed by atoms with van der Waals surface area (Å²) in [5.41, 5.74) is 0.439. The number of amides is 1. The van der Waals surface area contributed by atoms with Crippen LogP contribution in [-0.2, 0) is 19.6 Å². The molecule has 0 saturated heterocycles. The number of likely N-dealkylation sites (N-methyl/N-ethyl adjacent to an activating group) is 1. The van der Waals surface area contributed by atoms with Crippen LogP contribution in [0.25, 0.3) is 0 Å². The fourth-order valence-corrected chi connectivity index (χ4v) is 4.86. The molecular formula is C20H20Cl2N2O5S. The predicted octanol–water partition coefficient (Wildman–Crippen LogP) is 3.64. The Morgan fingerprint density at radius 2 is 1.77 bits per heavy atom. The molecule has 1 atom stereocenters. The fourth-order valence-electron chi connectivity index (χ4n) is 2.70. The lowest BCUT2D eigenvalue weighted by molar-refractivity contribution is -0.126. The first-order chi connectivity index (χ1) is 14.1. The Morgan fingerprint density at radius 1 is 1.13 bits per heavy atom. The molecule has 30 heavy (non-hydrogen) atoms. The normalized spacial score (nSPS) is 14.8. The van der Waals surface area contributed by atoms with E-state index in [9.17, 15) is 18.0 Å². The summed E-state index contributed by atoms with van der Waals surface area (Å²) in [6.45, 7) is 1.43. The number of hydrogen-bond acceptors (Lipinski definition) is 5. The van der Waals surface area contributed by atoms with Crippen LogP contribution in [0.5, 0.6) is 0 Å². The number of anilines is 1. The van der Waals surface area contributed by atoms with Crippen LogP contribution in [0.4, 0.5) is 5.69 Å². The van der Waals surface area contributed by atoms with Crippen molar-refractivity contribution in [2.75, 3.05) is 11.9 Å². The number of ether oxygens (including phenoxy) is 1. The number of carbonyl (C=O) groups is 2. The van der Waals surface area contributed by atoms with Crippen LogP contribution >= 0.6 is 23.2 Å². The van der Waals surface area contributed by atoms with Crippen LogP contribution in [0, 0.1) is 0 Å². The molecule has 1 aliphatic carbocycles. The molecule has 3 rings (SSSR count). The highest BCUT2D eigenvalue weighted by Gasteiger charge is 2.31. The second-order valence-electron chi connectivity index (χ2n) is 6.94. The summed E-state index contributed by atoms with van der Waals surface area (Å²) in [6, 6.07) is 11.0. The van der Waals surface area contributed by atoms with Crippen LogP contribution in [0.2, 0.25) is 10.0 Å². The Kier molecular flexibility index (Phi) is 6.71. The standard InChI is InChI=1S/C20H20Cl2N2O5S/c1-12(19(25)24(2)14-6-4-3-5-7-14)29-20(26)15-10-18(17(22)11-16(15)21)30(27,28)23-13-8-9-13/h3-7,10-13,23H,8-9H2,1-2H3. The van der Waals surface area contributed by atoms with Crippen LogP contribution in [-0.4, -0.2) is 39.5 Å². The molecule has 0 radical (unpaired) electrons. The van der Waals surface area contributed by atoms with Crippen molar-refractivity contribution in [3.63, 3.8) is 0 Å². The van der Waals surface area contributed by atoms with Gasteiger partial charge in [-0.3, -0.25) is 4.79 Å². The molecule has 1 N–H and O–H groups in total. The maximum absolute atomic E-state index is 12.6. The lowest BCUT2D eigenvalue weighted by Gasteiger charge is -2.22. The first kappa shape index (κ1) is 22.6. The van der Waals surface area contributed by atoms with Crippen molar-refractivity contribution in [2.24, 2.45) is 0 Å². The molecule has 1 saturated carbocycles. The van der Waals surface area contributed by atoms with Crippen molar-refractivity contribution in [1.29, 1.82) is 0 Å². The number of halogens is 2. The third kappa shape index (κ3) is 5.13. The monoisotopic (exact) mass is 470 g/mol. The van der Waals surface area contributed by atoms with Gasteiger partial charge in [0.15, 0.2) is 6.10 Å². The fraction of sp³-hybridized carbons (Fsp3) is 0.300. The molecule has 160 valence electrons. The lowest BCUT2D eigenvalue weighted by atomic mass is 10.2. The molecule has 7 nitrogen and oxygen atoms in total. The Morgan fingerprint density at radius 3 is 2.37 bits per heavy atom. The predicted molar refractivity (Wildman–Crippen MR) is 115 cm³/mol. The van der Waals surface area contributed by atoms with Gasteiger partial charge >= 0.3 is 5.97 Å². The quantitative estimate of drug-likeness (QED) is 0.623. The molecule has 1 fully saturated rings. The van der Waals surface area contributed by atoms with E-state index < -0.39 is 28.0 Å². The number of benzene rings is 2. The first-order valence-electron chi connectivity index (χ1n) is 9.15. The highest BCUT2D eigenvalue weighted by Crippen LogP contribution is 2.31. The second kappa shape index (κ2) is 8.93. The summed E-state index contributed by atoms with van der Waals surface area (Å²) in [7, 11) is -2.36. The third-order valence-corrected chi connectivity index (χ3v) is 6.83. The van der Waals surface area contributed by atoms with Crippen molar-refractivity contribution in [3.8, 4) is 0 Å². The topological polar surface area (TPSA) is 92.8 Å². The molecule has 0 aromatic heterocycles. The van der Waals surface area contributed by atoms with Gasteiger partial charge in [-0.05, 0) is 44.0 Å². The van der Waals surface area contributed by atoms with Gasteiger partial charge in [0.2, 0.25) is 10.0 Å². The van der Waals surface area contributed by atoms with Gasteiger partial charge in [0.05, 0.1) is 15.6 Å². The summed E-state index contributed by atoms with van der Waals surface area (Å²) in [5, 5.41) is -0.191. The first-order valence-corrected chi connectivity index (χ1v) is 11.4. The van der Waals surface area contributed by atoms with E-state index in [-0.39, 0.29) is 26.5 Å². The minimum atomic E-state index is -3.92. The molecular weight excluding hydrogens is 451 g/mol. The zero-order chi connectivity index (χ0) is 22.1. The minimum absolute atomic E-state index is 0.0774. The number of nitrogens with one attached hydrogen (secondary N) is 1. The number of rotatable bonds is 7. The van der Waals surface area contributed by atoms with Crippen molar-refractivity contribution >= 4 is 50.8 Å². The van der Waals surface area contributed by atoms with Gasteiger partial charge < -0.3 is 9.64 Å². The Labute approximate surface area is 185 Å². The van der Waals surface area contributed by atoms with Crippen molar-refractivity contribution in [1.82, 2.24) is 4.72 Å². The summed E-state index contributed by atoms with van der Waals surface area (Å²) in [5.74, 6) is -1.38. The SMILES string of the molecule is CC(OC(=O)c1cc(S(=O)(=O)NC2CC2)c(Cl)cc1Cl)C(=O)N(C)c1ccccc1. The molecule has 2 aromatic carbocycles. The number of para-hydroxylation sites is 1. The Bertz CT molecular complexity index is 1070. The van der Waals surface area contributed by atoms with Crippen LogP contribution in [0.3, 0.4) is 0 Å². The molecule has 0 heterocycles. The van der Waals surface area contributed by atoms with Crippen molar-refractivity contribution in [3.05, 3.63) is 58.1 Å². The number of esters is 1. The van der Waals surface area contributed by atoms with Crippen molar-refractivity contribution < 1.29 is 22.7 Å². The molecule has 0 bridgehead atoms. The zero-order valence-electron chi connectivity index (χ0n) is 16.3. The lowest BCUT2D eigenvalue weighted by Crippen LogP contribution is -2.37. The summed E-state index contributed by atoms with van der Waals surface area (Å²) in [4.78, 5) is 26.3. The minimum Gasteiger partial charge on any atom is -0.449 e. The van der Waals surface area contributed by atoms with E-state index in [1.165, 1.54) is 17.9 Å². The summed E-state index contributed by atoms with van der Waals surface area (Å²) in [6.07, 6.45) is 0.362. The highest BCUT2D eigenvalue weighted by atomic mass is 35.5. The van der Waals surface area contributed by atoms with Crippen LogP contribution in [0.15, 0.2) is 47.4 Å². The van der Waals surface area contributed by atoms with Crippen LogP contribution < -0.4 is 9.62 Å². The molecule has 1 unspecified atom stereocenters. The molecule has 10 heteroatoms. The average molecular weight is 471 g/mol. The maximum atomic E-state index is 12.6. The Hall–Kier alpha value is -2.13. The third-order valence-electron chi connectivity index (χ3n) is 4.54. The number of sulfonamides is 1. The van der Waals surface area contributed by atoms with E-state index in [1.54, 1.807) is 31.3 Å². The van der Waals surface area contributed by atoms with E-state index in [2.05, 4.69) is 4.72 Å². The van der Waals surface area contributed by atoms with Crippen LogP contribution in [0.1, 0.15) is 30.1 Å². The Balaban J connectivity index is 1.79. The van der Waals surface area contributed by atoms with Gasteiger partial charge in [-0.25, -0.2) is 17.9 Å².